The molecule has 1 aromatic rings. The second-order valence-electron chi connectivity index (χ2n) is 4.64. The Morgan fingerprint density at radius 1 is 1.47 bits per heavy atom. The summed E-state index contributed by atoms with van der Waals surface area (Å²) < 4.78 is 32.3. The molecular formula is C12H19N3O3S. The topological polar surface area (TPSA) is 94.3 Å². The van der Waals surface area contributed by atoms with E-state index in [1.165, 1.54) is 12.3 Å². The van der Waals surface area contributed by atoms with Gasteiger partial charge in [-0.3, -0.25) is 0 Å². The highest BCUT2D eigenvalue weighted by Gasteiger charge is 2.31. The van der Waals surface area contributed by atoms with Crippen LogP contribution >= 0.6 is 0 Å². The number of nitrogens with zero attached hydrogens (tertiary/aromatic N) is 1. The number of hydrogen-bond acceptors (Lipinski definition) is 5. The first-order valence-corrected chi connectivity index (χ1v) is 7.75. The summed E-state index contributed by atoms with van der Waals surface area (Å²) in [6.45, 7) is 0.342. The molecule has 1 saturated carbocycles. The van der Waals surface area contributed by atoms with Gasteiger partial charge in [-0.1, -0.05) is 6.07 Å². The van der Waals surface area contributed by atoms with Gasteiger partial charge in [-0.05, 0) is 30.9 Å². The first kappa shape index (κ1) is 14.4. The van der Waals surface area contributed by atoms with Crippen LogP contribution in [-0.2, 0) is 21.3 Å². The van der Waals surface area contributed by atoms with Gasteiger partial charge in [0.1, 0.15) is 0 Å². The molecule has 0 aromatic carbocycles. The van der Waals surface area contributed by atoms with Crippen molar-refractivity contribution in [1.82, 2.24) is 9.71 Å². The summed E-state index contributed by atoms with van der Waals surface area (Å²) >= 11 is 0. The summed E-state index contributed by atoms with van der Waals surface area (Å²) in [4.78, 5) is 3.94. The maximum Gasteiger partial charge on any atom is 0.258 e. The minimum Gasteiger partial charge on any atom is -0.380 e. The van der Waals surface area contributed by atoms with Crippen LogP contribution in [0.25, 0.3) is 0 Å². The number of nitrogens with two attached hydrogens (primary N) is 1. The molecular weight excluding hydrogens is 266 g/mol. The fourth-order valence-corrected chi connectivity index (χ4v) is 3.52. The maximum atomic E-state index is 12.2. The fourth-order valence-electron chi connectivity index (χ4n) is 2.29. The van der Waals surface area contributed by atoms with E-state index < -0.39 is 10.0 Å². The number of ether oxygens (including phenoxy) is 1. The van der Waals surface area contributed by atoms with E-state index >= 15 is 0 Å². The van der Waals surface area contributed by atoms with Gasteiger partial charge < -0.3 is 10.5 Å². The fraction of sp³-hybridized carbons (Fsp3) is 0.583. The van der Waals surface area contributed by atoms with Gasteiger partial charge in [0.15, 0.2) is 5.03 Å². The van der Waals surface area contributed by atoms with E-state index in [4.69, 9.17) is 10.5 Å². The third-order valence-electron chi connectivity index (χ3n) is 3.37. The largest absolute Gasteiger partial charge is 0.380 e. The highest BCUT2D eigenvalue weighted by molar-refractivity contribution is 7.89. The molecule has 1 fully saturated rings. The third-order valence-corrected chi connectivity index (χ3v) is 4.78. The van der Waals surface area contributed by atoms with Crippen LogP contribution in [0.15, 0.2) is 23.4 Å². The molecule has 0 amide bonds. The summed E-state index contributed by atoms with van der Waals surface area (Å²) in [5.74, 6) is 0. The molecule has 0 radical (unpaired) electrons. The normalized spacial score (nSPS) is 23.7. The van der Waals surface area contributed by atoms with Crippen molar-refractivity contribution in [3.63, 3.8) is 0 Å². The lowest BCUT2D eigenvalue weighted by Gasteiger charge is -2.19. The molecule has 7 heteroatoms. The zero-order chi connectivity index (χ0) is 13.9. The first-order valence-electron chi connectivity index (χ1n) is 6.27. The van der Waals surface area contributed by atoms with E-state index in [1.807, 2.05) is 0 Å². The molecule has 0 spiro atoms. The van der Waals surface area contributed by atoms with Gasteiger partial charge in [0.05, 0.1) is 6.10 Å². The number of aromatic nitrogens is 1. The predicted octanol–water partition coefficient (Wildman–Crippen LogP) is 0.386. The van der Waals surface area contributed by atoms with Crippen LogP contribution in [0.1, 0.15) is 24.8 Å². The van der Waals surface area contributed by atoms with Crippen LogP contribution in [0.5, 0.6) is 0 Å². The summed E-state index contributed by atoms with van der Waals surface area (Å²) in [6, 6.07) is 2.97. The SMILES string of the molecule is COC1CCCC1NS(=O)(=O)c1ccc(CN)cn1. The van der Waals surface area contributed by atoms with E-state index in [1.54, 1.807) is 13.2 Å². The van der Waals surface area contributed by atoms with Crippen molar-refractivity contribution in [2.75, 3.05) is 7.11 Å². The molecule has 1 aromatic heterocycles. The molecule has 6 nitrogen and oxygen atoms in total. The molecule has 1 aliphatic carbocycles. The maximum absolute atomic E-state index is 12.2. The number of methoxy groups -OCH3 is 1. The molecule has 106 valence electrons. The van der Waals surface area contributed by atoms with Crippen LogP contribution in [0.2, 0.25) is 0 Å². The molecule has 2 unspecified atom stereocenters. The quantitative estimate of drug-likeness (QED) is 0.816. The van der Waals surface area contributed by atoms with Crippen molar-refractivity contribution in [2.24, 2.45) is 5.73 Å². The number of sulfonamides is 1. The van der Waals surface area contributed by atoms with Crippen molar-refractivity contribution in [2.45, 2.75) is 43.0 Å². The first-order chi connectivity index (χ1) is 9.06. The van der Waals surface area contributed by atoms with Crippen molar-refractivity contribution in [1.29, 1.82) is 0 Å². The van der Waals surface area contributed by atoms with Gasteiger partial charge in [0, 0.05) is 25.9 Å². The minimum atomic E-state index is -3.59. The summed E-state index contributed by atoms with van der Waals surface area (Å²) in [5, 5.41) is 0.0199. The zero-order valence-electron chi connectivity index (χ0n) is 10.9. The molecule has 3 N–H and O–H groups in total. The van der Waals surface area contributed by atoms with Gasteiger partial charge in [0.25, 0.3) is 10.0 Å². The second-order valence-corrected chi connectivity index (χ2v) is 6.30. The summed E-state index contributed by atoms with van der Waals surface area (Å²) in [7, 11) is -1.99. The Morgan fingerprint density at radius 2 is 2.26 bits per heavy atom. The van der Waals surface area contributed by atoms with Gasteiger partial charge in [0.2, 0.25) is 0 Å². The van der Waals surface area contributed by atoms with Crippen LogP contribution in [0.4, 0.5) is 0 Å². The number of hydrogen-bond donors (Lipinski definition) is 2. The van der Waals surface area contributed by atoms with E-state index in [-0.39, 0.29) is 17.2 Å². The van der Waals surface area contributed by atoms with Crippen LogP contribution in [0, 0.1) is 0 Å². The molecule has 19 heavy (non-hydrogen) atoms. The van der Waals surface area contributed by atoms with E-state index in [0.717, 1.165) is 24.8 Å². The zero-order valence-corrected chi connectivity index (χ0v) is 11.7. The molecule has 1 heterocycles. The Labute approximate surface area is 113 Å². The lowest BCUT2D eigenvalue weighted by Crippen LogP contribution is -2.40. The Balaban J connectivity index is 2.13. The molecule has 2 rings (SSSR count). The van der Waals surface area contributed by atoms with Crippen molar-refractivity contribution in [3.05, 3.63) is 23.9 Å². The van der Waals surface area contributed by atoms with E-state index in [9.17, 15) is 8.42 Å². The van der Waals surface area contributed by atoms with Gasteiger partial charge in [-0.25, -0.2) is 18.1 Å². The second kappa shape index (κ2) is 5.96. The van der Waals surface area contributed by atoms with Crippen molar-refractivity contribution >= 4 is 10.0 Å². The van der Waals surface area contributed by atoms with Crippen LogP contribution < -0.4 is 10.5 Å². The lowest BCUT2D eigenvalue weighted by molar-refractivity contribution is 0.0916. The lowest BCUT2D eigenvalue weighted by atomic mass is 10.2. The van der Waals surface area contributed by atoms with E-state index in [0.29, 0.717) is 6.54 Å². The Hall–Kier alpha value is -1.02. The summed E-state index contributed by atoms with van der Waals surface area (Å²) in [5.41, 5.74) is 6.26. The van der Waals surface area contributed by atoms with Crippen LogP contribution in [0.3, 0.4) is 0 Å². The highest BCUT2D eigenvalue weighted by Crippen LogP contribution is 2.23. The number of nitrogens with one attached hydrogen (secondary N) is 1. The Morgan fingerprint density at radius 3 is 2.84 bits per heavy atom. The minimum absolute atomic E-state index is 0.0199. The van der Waals surface area contributed by atoms with E-state index in [2.05, 4.69) is 9.71 Å². The smallest absolute Gasteiger partial charge is 0.258 e. The summed E-state index contributed by atoms with van der Waals surface area (Å²) in [6.07, 6.45) is 4.06. The van der Waals surface area contributed by atoms with Gasteiger partial charge in [-0.2, -0.15) is 0 Å². The van der Waals surface area contributed by atoms with Gasteiger partial charge in [-0.15, -0.1) is 0 Å². The molecule has 2 atom stereocenters. The molecule has 0 aliphatic heterocycles. The Kier molecular flexibility index (Phi) is 4.51. The molecule has 0 saturated heterocycles. The average Bonchev–Trinajstić information content (AvgIpc) is 2.85. The van der Waals surface area contributed by atoms with Crippen molar-refractivity contribution < 1.29 is 13.2 Å². The number of rotatable bonds is 5. The van der Waals surface area contributed by atoms with Gasteiger partial charge >= 0.3 is 0 Å². The monoisotopic (exact) mass is 285 g/mol. The standard InChI is InChI=1S/C12H19N3O3S/c1-18-11-4-2-3-10(11)15-19(16,17)12-6-5-9(7-13)8-14-12/h5-6,8,10-11,15H,2-4,7,13H2,1H3. The van der Waals surface area contributed by atoms with Crippen LogP contribution in [-0.4, -0.2) is 32.7 Å². The average molecular weight is 285 g/mol. The number of pyridine rings is 1. The molecule has 1 aliphatic rings. The highest BCUT2D eigenvalue weighted by atomic mass is 32.2. The Bertz CT molecular complexity index is 516. The predicted molar refractivity (Wildman–Crippen MR) is 70.9 cm³/mol. The van der Waals surface area contributed by atoms with Crippen molar-refractivity contribution in [3.8, 4) is 0 Å². The third kappa shape index (κ3) is 3.30. The molecule has 0 bridgehead atoms.